The lowest BCUT2D eigenvalue weighted by atomic mass is 10.2. The lowest BCUT2D eigenvalue weighted by Gasteiger charge is -2.13. The standard InChI is InChI=1S/C14H16N2O3S/c1-2-11(14(18)19)15-13(17)12-6-3-7-16(12)9-10-5-4-8-20-10/h3-8,11H,2,9H2,1H3,(H,15,17)(H,18,19). The maximum atomic E-state index is 12.1. The molecule has 6 heteroatoms. The number of hydrogen-bond acceptors (Lipinski definition) is 3. The van der Waals surface area contributed by atoms with Gasteiger partial charge in [-0.15, -0.1) is 11.3 Å². The van der Waals surface area contributed by atoms with Crippen molar-refractivity contribution in [1.29, 1.82) is 0 Å². The van der Waals surface area contributed by atoms with Gasteiger partial charge in [0, 0.05) is 11.1 Å². The molecule has 1 amide bonds. The summed E-state index contributed by atoms with van der Waals surface area (Å²) in [6, 6.07) is 6.58. The van der Waals surface area contributed by atoms with E-state index in [1.165, 1.54) is 0 Å². The van der Waals surface area contributed by atoms with E-state index >= 15 is 0 Å². The summed E-state index contributed by atoms with van der Waals surface area (Å²) in [5, 5.41) is 13.5. The average molecular weight is 292 g/mol. The molecule has 0 saturated carbocycles. The van der Waals surface area contributed by atoms with E-state index in [2.05, 4.69) is 5.32 Å². The molecule has 1 unspecified atom stereocenters. The maximum Gasteiger partial charge on any atom is 0.326 e. The predicted molar refractivity (Wildman–Crippen MR) is 77.0 cm³/mol. The number of hydrogen-bond donors (Lipinski definition) is 2. The molecule has 0 aromatic carbocycles. The molecule has 0 bridgehead atoms. The molecular formula is C14H16N2O3S. The Morgan fingerprint density at radius 3 is 2.80 bits per heavy atom. The van der Waals surface area contributed by atoms with Gasteiger partial charge >= 0.3 is 5.97 Å². The second-order valence-electron chi connectivity index (χ2n) is 4.37. The lowest BCUT2D eigenvalue weighted by molar-refractivity contribution is -0.139. The summed E-state index contributed by atoms with van der Waals surface area (Å²) >= 11 is 1.62. The zero-order valence-electron chi connectivity index (χ0n) is 11.1. The molecule has 2 rings (SSSR count). The highest BCUT2D eigenvalue weighted by Crippen LogP contribution is 2.13. The Morgan fingerprint density at radius 2 is 2.20 bits per heavy atom. The Bertz CT molecular complexity index is 589. The highest BCUT2D eigenvalue weighted by molar-refractivity contribution is 7.09. The summed E-state index contributed by atoms with van der Waals surface area (Å²) in [4.78, 5) is 24.2. The van der Waals surface area contributed by atoms with E-state index in [-0.39, 0.29) is 5.91 Å². The van der Waals surface area contributed by atoms with Crippen molar-refractivity contribution in [1.82, 2.24) is 9.88 Å². The average Bonchev–Trinajstić information content (AvgIpc) is 3.07. The van der Waals surface area contributed by atoms with Crippen molar-refractivity contribution in [3.8, 4) is 0 Å². The Morgan fingerprint density at radius 1 is 1.40 bits per heavy atom. The van der Waals surface area contributed by atoms with Gasteiger partial charge in [0.2, 0.25) is 0 Å². The fourth-order valence-electron chi connectivity index (χ4n) is 1.90. The Labute approximate surface area is 120 Å². The molecule has 0 aliphatic heterocycles. The fourth-order valence-corrected chi connectivity index (χ4v) is 2.60. The van der Waals surface area contributed by atoms with Crippen molar-refractivity contribution in [2.24, 2.45) is 0 Å². The largest absolute Gasteiger partial charge is 0.480 e. The summed E-state index contributed by atoms with van der Waals surface area (Å²) in [7, 11) is 0. The van der Waals surface area contributed by atoms with Gasteiger partial charge in [-0.05, 0) is 30.0 Å². The minimum atomic E-state index is -1.02. The highest BCUT2D eigenvalue weighted by atomic mass is 32.1. The molecule has 0 radical (unpaired) electrons. The van der Waals surface area contributed by atoms with Crippen LogP contribution in [-0.2, 0) is 11.3 Å². The van der Waals surface area contributed by atoms with Crippen LogP contribution >= 0.6 is 11.3 Å². The van der Waals surface area contributed by atoms with Crippen LogP contribution in [0.15, 0.2) is 35.8 Å². The van der Waals surface area contributed by atoms with Crippen molar-refractivity contribution >= 4 is 23.2 Å². The number of nitrogens with zero attached hydrogens (tertiary/aromatic N) is 1. The van der Waals surface area contributed by atoms with Crippen molar-refractivity contribution < 1.29 is 14.7 Å². The molecule has 2 aromatic rings. The zero-order chi connectivity index (χ0) is 14.5. The molecule has 106 valence electrons. The number of carbonyl (C=O) groups is 2. The number of aliphatic carboxylic acids is 1. The molecule has 1 atom stereocenters. The first-order chi connectivity index (χ1) is 9.61. The van der Waals surface area contributed by atoms with Crippen LogP contribution in [0.4, 0.5) is 0 Å². The minimum absolute atomic E-state index is 0.354. The quantitative estimate of drug-likeness (QED) is 0.857. The second-order valence-corrected chi connectivity index (χ2v) is 5.41. The van der Waals surface area contributed by atoms with Gasteiger partial charge in [-0.1, -0.05) is 13.0 Å². The van der Waals surface area contributed by atoms with Gasteiger partial charge in [0.1, 0.15) is 11.7 Å². The predicted octanol–water partition coefficient (Wildman–Crippen LogP) is 2.19. The van der Waals surface area contributed by atoms with Crippen LogP contribution in [0.1, 0.15) is 28.7 Å². The summed E-state index contributed by atoms with van der Waals surface area (Å²) in [5.41, 5.74) is 0.470. The number of thiophene rings is 1. The van der Waals surface area contributed by atoms with E-state index in [4.69, 9.17) is 5.11 Å². The third-order valence-corrected chi connectivity index (χ3v) is 3.84. The minimum Gasteiger partial charge on any atom is -0.480 e. The van der Waals surface area contributed by atoms with Crippen molar-refractivity contribution in [2.45, 2.75) is 25.9 Å². The van der Waals surface area contributed by atoms with E-state index in [9.17, 15) is 9.59 Å². The molecule has 0 fully saturated rings. The molecule has 2 heterocycles. The molecule has 2 N–H and O–H groups in total. The molecular weight excluding hydrogens is 276 g/mol. The van der Waals surface area contributed by atoms with Gasteiger partial charge in [0.15, 0.2) is 0 Å². The third kappa shape index (κ3) is 3.27. The normalized spacial score (nSPS) is 12.1. The van der Waals surface area contributed by atoms with E-state index in [0.29, 0.717) is 18.7 Å². The summed E-state index contributed by atoms with van der Waals surface area (Å²) < 4.78 is 1.82. The highest BCUT2D eigenvalue weighted by Gasteiger charge is 2.20. The SMILES string of the molecule is CCC(NC(=O)c1cccn1Cc1cccs1)C(=O)O. The second kappa shape index (κ2) is 6.38. The zero-order valence-corrected chi connectivity index (χ0v) is 11.9. The molecule has 0 aliphatic rings. The van der Waals surface area contributed by atoms with Crippen LogP contribution in [0.25, 0.3) is 0 Å². The van der Waals surface area contributed by atoms with Gasteiger partial charge in [0.25, 0.3) is 5.91 Å². The van der Waals surface area contributed by atoms with Crippen molar-refractivity contribution in [2.75, 3.05) is 0 Å². The van der Waals surface area contributed by atoms with E-state index in [0.717, 1.165) is 4.88 Å². The molecule has 0 saturated heterocycles. The van der Waals surface area contributed by atoms with E-state index in [1.807, 2.05) is 28.3 Å². The molecule has 2 aromatic heterocycles. The van der Waals surface area contributed by atoms with Gasteiger partial charge in [0.05, 0.1) is 6.54 Å². The van der Waals surface area contributed by atoms with Crippen LogP contribution in [0.5, 0.6) is 0 Å². The number of nitrogens with one attached hydrogen (secondary N) is 1. The van der Waals surface area contributed by atoms with Crippen LogP contribution in [-0.4, -0.2) is 27.6 Å². The number of carboxylic acids is 1. The Balaban J connectivity index is 2.11. The third-order valence-electron chi connectivity index (χ3n) is 2.98. The smallest absolute Gasteiger partial charge is 0.326 e. The van der Waals surface area contributed by atoms with Crippen molar-refractivity contribution in [3.05, 3.63) is 46.4 Å². The first-order valence-corrected chi connectivity index (χ1v) is 7.21. The topological polar surface area (TPSA) is 71.3 Å². The van der Waals surface area contributed by atoms with Crippen LogP contribution < -0.4 is 5.32 Å². The lowest BCUT2D eigenvalue weighted by Crippen LogP contribution is -2.40. The number of carboxylic acid groups (broad SMARTS) is 1. The number of rotatable bonds is 6. The summed E-state index contributed by atoms with van der Waals surface area (Å²) in [6.07, 6.45) is 2.17. The van der Waals surface area contributed by atoms with Crippen LogP contribution in [0.3, 0.4) is 0 Å². The molecule has 5 nitrogen and oxygen atoms in total. The maximum absolute atomic E-state index is 12.1. The fraction of sp³-hybridized carbons (Fsp3) is 0.286. The monoisotopic (exact) mass is 292 g/mol. The first kappa shape index (κ1) is 14.3. The Kier molecular flexibility index (Phi) is 4.57. The number of aromatic nitrogens is 1. The van der Waals surface area contributed by atoms with Gasteiger partial charge in [-0.2, -0.15) is 0 Å². The number of carbonyl (C=O) groups excluding carboxylic acids is 1. The summed E-state index contributed by atoms with van der Waals surface area (Å²) in [6.45, 7) is 2.33. The van der Waals surface area contributed by atoms with Gasteiger partial charge in [-0.25, -0.2) is 4.79 Å². The first-order valence-electron chi connectivity index (χ1n) is 6.33. The van der Waals surface area contributed by atoms with Crippen LogP contribution in [0.2, 0.25) is 0 Å². The molecule has 20 heavy (non-hydrogen) atoms. The molecule has 0 aliphatic carbocycles. The van der Waals surface area contributed by atoms with Gasteiger partial charge < -0.3 is 15.0 Å². The Hall–Kier alpha value is -2.08. The van der Waals surface area contributed by atoms with Crippen LogP contribution in [0, 0.1) is 0 Å². The van der Waals surface area contributed by atoms with E-state index in [1.54, 1.807) is 30.4 Å². The number of amides is 1. The molecule has 0 spiro atoms. The van der Waals surface area contributed by atoms with E-state index < -0.39 is 12.0 Å². The van der Waals surface area contributed by atoms with Crippen molar-refractivity contribution in [3.63, 3.8) is 0 Å². The summed E-state index contributed by atoms with van der Waals surface area (Å²) in [5.74, 6) is -1.38. The van der Waals surface area contributed by atoms with Gasteiger partial charge in [-0.3, -0.25) is 4.79 Å².